The van der Waals surface area contributed by atoms with Gasteiger partial charge < -0.3 is 38.6 Å². The lowest BCUT2D eigenvalue weighted by Gasteiger charge is -2.44. The molecule has 2 aromatic carbocycles. The van der Waals surface area contributed by atoms with E-state index in [2.05, 4.69) is 0 Å². The van der Waals surface area contributed by atoms with Gasteiger partial charge in [-0.05, 0) is 23.3 Å². The molecule has 4 heterocycles. The van der Waals surface area contributed by atoms with Gasteiger partial charge in [0.1, 0.15) is 17.0 Å². The largest absolute Gasteiger partial charge is 0.497 e. The Bertz CT molecular complexity index is 1330. The predicted octanol–water partition coefficient (Wildman–Crippen LogP) is 1.42. The van der Waals surface area contributed by atoms with Gasteiger partial charge in [-0.1, -0.05) is 42.5 Å². The number of methoxy groups -OCH3 is 3. The van der Waals surface area contributed by atoms with E-state index in [4.69, 9.17) is 33.3 Å². The number of carbonyl (C=O) groups is 1. The number of hydrogen-bond acceptors (Lipinski definition) is 10. The quantitative estimate of drug-likeness (QED) is 0.463. The molecule has 1 saturated carbocycles. The third-order valence-electron chi connectivity index (χ3n) is 10.5. The van der Waals surface area contributed by atoms with Crippen LogP contribution in [0.25, 0.3) is 0 Å². The molecule has 5 fully saturated rings. The van der Waals surface area contributed by atoms with Crippen molar-refractivity contribution in [1.29, 1.82) is 0 Å². The van der Waals surface area contributed by atoms with Crippen molar-refractivity contribution in [2.24, 2.45) is 23.7 Å². The molecule has 0 aromatic heterocycles. The standard InChI is InChI=1S/C31H37NO10/c1-32(39-5)27(34)20-21(15-9-7-6-8-10-15)31(16-11-13-17(36-2)14-12-16)30(35,26(20)33)22-23-18-19(24(40-23)25(22)42-31)29(38-4)41-28(18)37-3/h6-14,18-26,28-29,33,35H,1-5H3/t18?,19?,20-,21-,22?,23?,24?,25?,26-,28?,29?,30+,31+/m1/s1. The lowest BCUT2D eigenvalue weighted by molar-refractivity contribution is -0.227. The molecule has 5 aliphatic rings. The summed E-state index contributed by atoms with van der Waals surface area (Å²) in [5.74, 6) is -2.92. The van der Waals surface area contributed by atoms with Crippen molar-refractivity contribution in [1.82, 2.24) is 5.06 Å². The van der Waals surface area contributed by atoms with Crippen molar-refractivity contribution < 1.29 is 48.3 Å². The Morgan fingerprint density at radius 1 is 0.881 bits per heavy atom. The van der Waals surface area contributed by atoms with Gasteiger partial charge >= 0.3 is 0 Å². The average Bonchev–Trinajstić information content (AvgIpc) is 3.79. The van der Waals surface area contributed by atoms with E-state index in [9.17, 15) is 15.0 Å². The highest BCUT2D eigenvalue weighted by Gasteiger charge is 2.86. The second-order valence-corrected chi connectivity index (χ2v) is 11.8. The Morgan fingerprint density at radius 3 is 2.12 bits per heavy atom. The molecule has 8 unspecified atom stereocenters. The normalized spacial score (nSPS) is 44.6. The molecule has 42 heavy (non-hydrogen) atoms. The van der Waals surface area contributed by atoms with Gasteiger partial charge in [0.15, 0.2) is 12.6 Å². The number of aliphatic hydroxyl groups excluding tert-OH is 1. The summed E-state index contributed by atoms with van der Waals surface area (Å²) in [5, 5.41) is 26.6. The van der Waals surface area contributed by atoms with Crippen LogP contribution in [-0.2, 0) is 38.9 Å². The highest BCUT2D eigenvalue weighted by molar-refractivity contribution is 5.81. The Labute approximate surface area is 244 Å². The number of nitrogens with zero attached hydrogens (tertiary/aromatic N) is 1. The van der Waals surface area contributed by atoms with Crippen molar-refractivity contribution in [2.45, 2.75) is 54.1 Å². The van der Waals surface area contributed by atoms with E-state index in [0.29, 0.717) is 11.3 Å². The summed E-state index contributed by atoms with van der Waals surface area (Å²) in [4.78, 5) is 19.3. The Balaban J connectivity index is 1.45. The number of amides is 1. The fraction of sp³-hybridized carbons (Fsp3) is 0.581. The van der Waals surface area contributed by atoms with E-state index in [1.165, 1.54) is 14.2 Å². The van der Waals surface area contributed by atoms with Gasteiger partial charge in [0.25, 0.3) is 5.91 Å². The van der Waals surface area contributed by atoms with Gasteiger partial charge in [-0.3, -0.25) is 9.63 Å². The minimum Gasteiger partial charge on any atom is -0.497 e. The first kappa shape index (κ1) is 28.2. The van der Waals surface area contributed by atoms with Gasteiger partial charge in [0, 0.05) is 44.9 Å². The minimum absolute atomic E-state index is 0.203. The molecule has 2 N–H and O–H groups in total. The average molecular weight is 584 g/mol. The molecule has 4 aliphatic heterocycles. The number of ether oxygens (including phenoxy) is 6. The predicted molar refractivity (Wildman–Crippen MR) is 145 cm³/mol. The molecule has 1 amide bonds. The summed E-state index contributed by atoms with van der Waals surface area (Å²) in [6.07, 6.45) is -4.42. The van der Waals surface area contributed by atoms with Crippen LogP contribution in [0.1, 0.15) is 17.0 Å². The monoisotopic (exact) mass is 583 g/mol. The molecule has 0 radical (unpaired) electrons. The molecule has 11 nitrogen and oxygen atoms in total. The van der Waals surface area contributed by atoms with E-state index in [1.54, 1.807) is 33.5 Å². The molecule has 226 valence electrons. The Kier molecular flexibility index (Phi) is 6.69. The number of aliphatic hydroxyl groups is 2. The van der Waals surface area contributed by atoms with Crippen LogP contribution in [0, 0.1) is 23.7 Å². The fourth-order valence-electron chi connectivity index (χ4n) is 8.87. The SMILES string of the molecule is COc1ccc([C@@]23OC4C5OC(C6C(OC)OC(OC)C56)C4[C@]2(O)[C@H](O)[C@H](C(=O)N(C)OC)[C@H]3c2ccccc2)cc1. The summed E-state index contributed by atoms with van der Waals surface area (Å²) >= 11 is 0. The maximum absolute atomic E-state index is 14.0. The lowest BCUT2D eigenvalue weighted by atomic mass is 9.63. The van der Waals surface area contributed by atoms with Gasteiger partial charge in [0.2, 0.25) is 0 Å². The molecule has 2 bridgehead atoms. The van der Waals surface area contributed by atoms with Crippen LogP contribution in [0.15, 0.2) is 54.6 Å². The van der Waals surface area contributed by atoms with Crippen LogP contribution >= 0.6 is 0 Å². The highest BCUT2D eigenvalue weighted by atomic mass is 16.8. The first-order chi connectivity index (χ1) is 20.3. The molecule has 11 heteroatoms. The zero-order valence-corrected chi connectivity index (χ0v) is 24.2. The molecule has 4 saturated heterocycles. The number of rotatable bonds is 7. The molecular weight excluding hydrogens is 546 g/mol. The molecule has 13 atom stereocenters. The van der Waals surface area contributed by atoms with E-state index in [0.717, 1.165) is 10.6 Å². The van der Waals surface area contributed by atoms with E-state index >= 15 is 0 Å². The van der Waals surface area contributed by atoms with E-state index in [-0.39, 0.29) is 11.8 Å². The van der Waals surface area contributed by atoms with Crippen LogP contribution in [0.4, 0.5) is 0 Å². The summed E-state index contributed by atoms with van der Waals surface area (Å²) < 4.78 is 36.6. The molecule has 0 spiro atoms. The number of fused-ring (bicyclic) bond motifs is 10. The number of benzene rings is 2. The summed E-state index contributed by atoms with van der Waals surface area (Å²) in [6.45, 7) is 0. The smallest absolute Gasteiger partial charge is 0.252 e. The summed E-state index contributed by atoms with van der Waals surface area (Å²) in [5.41, 5.74) is -2.12. The molecule has 7 rings (SSSR count). The van der Waals surface area contributed by atoms with E-state index < -0.39 is 71.9 Å². The van der Waals surface area contributed by atoms with Crippen molar-refractivity contribution in [3.05, 3.63) is 65.7 Å². The van der Waals surface area contributed by atoms with Gasteiger partial charge in [-0.15, -0.1) is 0 Å². The van der Waals surface area contributed by atoms with Gasteiger partial charge in [-0.25, -0.2) is 5.06 Å². The second-order valence-electron chi connectivity index (χ2n) is 11.8. The number of carbonyl (C=O) groups excluding carboxylic acids is 1. The van der Waals surface area contributed by atoms with Crippen molar-refractivity contribution in [2.75, 3.05) is 35.5 Å². The maximum atomic E-state index is 14.0. The fourth-order valence-corrected chi connectivity index (χ4v) is 8.87. The van der Waals surface area contributed by atoms with Crippen LogP contribution in [0.3, 0.4) is 0 Å². The molecule has 1 aliphatic carbocycles. The van der Waals surface area contributed by atoms with Crippen LogP contribution in [0.2, 0.25) is 0 Å². The van der Waals surface area contributed by atoms with Crippen molar-refractivity contribution >= 4 is 5.91 Å². The van der Waals surface area contributed by atoms with Crippen molar-refractivity contribution in [3.63, 3.8) is 0 Å². The highest BCUT2D eigenvalue weighted by Crippen LogP contribution is 2.73. The first-order valence-corrected chi connectivity index (χ1v) is 14.2. The topological polar surface area (TPSA) is 125 Å². The number of hydroxylamine groups is 2. The maximum Gasteiger partial charge on any atom is 0.252 e. The van der Waals surface area contributed by atoms with E-state index in [1.807, 2.05) is 42.5 Å². The van der Waals surface area contributed by atoms with Gasteiger partial charge in [0.05, 0.1) is 44.6 Å². The summed E-state index contributed by atoms with van der Waals surface area (Å²) in [7, 11) is 7.61. The number of hydrogen-bond donors (Lipinski definition) is 2. The molecule has 2 aromatic rings. The molecular formula is C31H37NO10. The minimum atomic E-state index is -1.95. The summed E-state index contributed by atoms with van der Waals surface area (Å²) in [6, 6.07) is 16.7. The third-order valence-corrected chi connectivity index (χ3v) is 10.5. The first-order valence-electron chi connectivity index (χ1n) is 14.2. The van der Waals surface area contributed by atoms with Gasteiger partial charge in [-0.2, -0.15) is 0 Å². The Morgan fingerprint density at radius 2 is 1.52 bits per heavy atom. The third kappa shape index (κ3) is 3.36. The van der Waals surface area contributed by atoms with Crippen LogP contribution in [-0.4, -0.2) is 99.3 Å². The zero-order valence-electron chi connectivity index (χ0n) is 24.2. The second kappa shape index (κ2) is 9.96. The van der Waals surface area contributed by atoms with Crippen LogP contribution < -0.4 is 4.74 Å². The van der Waals surface area contributed by atoms with Crippen LogP contribution in [0.5, 0.6) is 5.75 Å². The Hall–Kier alpha value is -2.61. The lowest BCUT2D eigenvalue weighted by Crippen LogP contribution is -2.60. The zero-order chi connectivity index (χ0) is 29.6. The van der Waals surface area contributed by atoms with Crippen molar-refractivity contribution in [3.8, 4) is 5.75 Å².